The summed E-state index contributed by atoms with van der Waals surface area (Å²) >= 11 is 0. The van der Waals surface area contributed by atoms with E-state index in [1.54, 1.807) is 0 Å². The molecule has 0 saturated carbocycles. The SMILES string of the molecule is c1ccc2[nH]c(-c3noc(C4CCCNC4)n3)cc2c1. The molecule has 1 aliphatic rings. The van der Waals surface area contributed by atoms with Crippen molar-refractivity contribution in [2.24, 2.45) is 0 Å². The van der Waals surface area contributed by atoms with E-state index in [9.17, 15) is 0 Å². The van der Waals surface area contributed by atoms with E-state index in [1.807, 2.05) is 18.2 Å². The summed E-state index contributed by atoms with van der Waals surface area (Å²) in [5, 5.41) is 8.64. The molecule has 1 aromatic carbocycles. The molecule has 5 heteroatoms. The fourth-order valence-electron chi connectivity index (χ4n) is 2.77. The third-order valence-corrected chi connectivity index (χ3v) is 3.86. The van der Waals surface area contributed by atoms with Gasteiger partial charge < -0.3 is 14.8 Å². The van der Waals surface area contributed by atoms with E-state index in [-0.39, 0.29) is 0 Å². The van der Waals surface area contributed by atoms with Crippen molar-refractivity contribution in [2.45, 2.75) is 18.8 Å². The summed E-state index contributed by atoms with van der Waals surface area (Å²) in [6.45, 7) is 2.01. The van der Waals surface area contributed by atoms with Gasteiger partial charge in [0.15, 0.2) is 0 Å². The Hall–Kier alpha value is -2.14. The van der Waals surface area contributed by atoms with Crippen LogP contribution in [0.3, 0.4) is 0 Å². The average Bonchev–Trinajstić information content (AvgIpc) is 3.14. The third kappa shape index (κ3) is 2.00. The van der Waals surface area contributed by atoms with Crippen LogP contribution in [0.5, 0.6) is 0 Å². The summed E-state index contributed by atoms with van der Waals surface area (Å²) in [4.78, 5) is 7.88. The van der Waals surface area contributed by atoms with Gasteiger partial charge in [0, 0.05) is 17.4 Å². The molecule has 3 heterocycles. The number of piperidine rings is 1. The van der Waals surface area contributed by atoms with Crippen LogP contribution in [0.25, 0.3) is 22.4 Å². The standard InChI is InChI=1S/C15H16N4O/c1-2-6-12-10(4-1)8-13(17-12)14-18-15(20-19-14)11-5-3-7-16-9-11/h1-2,4,6,8,11,16-17H,3,5,7,9H2. The van der Waals surface area contributed by atoms with E-state index in [1.165, 1.54) is 0 Å². The predicted molar refractivity (Wildman–Crippen MR) is 76.4 cm³/mol. The summed E-state index contributed by atoms with van der Waals surface area (Å²) in [7, 11) is 0. The lowest BCUT2D eigenvalue weighted by Crippen LogP contribution is -2.28. The molecule has 1 atom stereocenters. The van der Waals surface area contributed by atoms with Crippen LogP contribution in [0.1, 0.15) is 24.7 Å². The molecule has 4 rings (SSSR count). The number of H-pyrrole nitrogens is 1. The van der Waals surface area contributed by atoms with Crippen LogP contribution in [0.4, 0.5) is 0 Å². The number of nitrogens with zero attached hydrogens (tertiary/aromatic N) is 2. The molecule has 2 aromatic heterocycles. The zero-order valence-corrected chi connectivity index (χ0v) is 11.1. The van der Waals surface area contributed by atoms with Gasteiger partial charge in [-0.15, -0.1) is 0 Å². The highest BCUT2D eigenvalue weighted by Crippen LogP contribution is 2.26. The number of hydrogen-bond donors (Lipinski definition) is 2. The number of para-hydroxylation sites is 1. The molecule has 2 N–H and O–H groups in total. The van der Waals surface area contributed by atoms with Gasteiger partial charge in [-0.2, -0.15) is 4.98 Å². The van der Waals surface area contributed by atoms with Crippen molar-refractivity contribution in [3.05, 3.63) is 36.2 Å². The highest BCUT2D eigenvalue weighted by atomic mass is 16.5. The minimum atomic E-state index is 0.342. The molecule has 1 unspecified atom stereocenters. The maximum Gasteiger partial charge on any atom is 0.231 e. The minimum Gasteiger partial charge on any atom is -0.352 e. The average molecular weight is 268 g/mol. The normalized spacial score (nSPS) is 19.5. The molecule has 0 aliphatic carbocycles. The maximum atomic E-state index is 5.43. The van der Waals surface area contributed by atoms with Crippen molar-refractivity contribution in [3.63, 3.8) is 0 Å². The molecular weight excluding hydrogens is 252 g/mol. The molecule has 102 valence electrons. The van der Waals surface area contributed by atoms with Crippen LogP contribution >= 0.6 is 0 Å². The summed E-state index contributed by atoms with van der Waals surface area (Å²) in [5.74, 6) is 1.72. The first-order valence-electron chi connectivity index (χ1n) is 7.02. The molecule has 5 nitrogen and oxygen atoms in total. The number of aromatic nitrogens is 3. The van der Waals surface area contributed by atoms with E-state index in [4.69, 9.17) is 4.52 Å². The lowest BCUT2D eigenvalue weighted by molar-refractivity contribution is 0.322. The van der Waals surface area contributed by atoms with E-state index in [0.29, 0.717) is 11.7 Å². The molecule has 0 bridgehead atoms. The second kappa shape index (κ2) is 4.76. The highest BCUT2D eigenvalue weighted by Gasteiger charge is 2.22. The Balaban J connectivity index is 1.66. The summed E-state index contributed by atoms with van der Waals surface area (Å²) < 4.78 is 5.43. The van der Waals surface area contributed by atoms with E-state index < -0.39 is 0 Å². The molecule has 1 aliphatic heterocycles. The fraction of sp³-hybridized carbons (Fsp3) is 0.333. The van der Waals surface area contributed by atoms with Gasteiger partial charge in [-0.3, -0.25) is 0 Å². The highest BCUT2D eigenvalue weighted by molar-refractivity contribution is 5.84. The molecule has 0 spiro atoms. The van der Waals surface area contributed by atoms with Gasteiger partial charge in [0.05, 0.1) is 11.6 Å². The Morgan fingerprint density at radius 2 is 2.20 bits per heavy atom. The molecule has 0 amide bonds. The number of rotatable bonds is 2. The Morgan fingerprint density at radius 1 is 1.25 bits per heavy atom. The molecule has 3 aromatic rings. The first-order chi connectivity index (χ1) is 9.90. The maximum absolute atomic E-state index is 5.43. The monoisotopic (exact) mass is 268 g/mol. The van der Waals surface area contributed by atoms with Crippen LogP contribution in [-0.2, 0) is 0 Å². The van der Waals surface area contributed by atoms with Crippen LogP contribution in [0.2, 0.25) is 0 Å². The van der Waals surface area contributed by atoms with Crippen LogP contribution < -0.4 is 5.32 Å². The lowest BCUT2D eigenvalue weighted by atomic mass is 10.00. The quantitative estimate of drug-likeness (QED) is 0.750. The molecular formula is C15H16N4O. The minimum absolute atomic E-state index is 0.342. The lowest BCUT2D eigenvalue weighted by Gasteiger charge is -2.18. The number of nitrogens with one attached hydrogen (secondary N) is 2. The van der Waals surface area contributed by atoms with E-state index >= 15 is 0 Å². The zero-order valence-electron chi connectivity index (χ0n) is 11.1. The van der Waals surface area contributed by atoms with Gasteiger partial charge in [0.1, 0.15) is 0 Å². The van der Waals surface area contributed by atoms with Gasteiger partial charge >= 0.3 is 0 Å². The number of benzene rings is 1. The van der Waals surface area contributed by atoms with Gasteiger partial charge in [0.2, 0.25) is 11.7 Å². The summed E-state index contributed by atoms with van der Waals surface area (Å²) in [6, 6.07) is 10.2. The van der Waals surface area contributed by atoms with Crippen LogP contribution in [-0.4, -0.2) is 28.2 Å². The fourth-order valence-corrected chi connectivity index (χ4v) is 2.77. The first kappa shape index (κ1) is 11.7. The van der Waals surface area contributed by atoms with E-state index in [2.05, 4.69) is 32.6 Å². The van der Waals surface area contributed by atoms with Crippen molar-refractivity contribution < 1.29 is 4.52 Å². The number of fused-ring (bicyclic) bond motifs is 1. The smallest absolute Gasteiger partial charge is 0.231 e. The van der Waals surface area contributed by atoms with Gasteiger partial charge in [-0.05, 0) is 31.5 Å². The second-order valence-electron chi connectivity index (χ2n) is 5.27. The van der Waals surface area contributed by atoms with Gasteiger partial charge in [0.25, 0.3) is 0 Å². The van der Waals surface area contributed by atoms with Gasteiger partial charge in [-0.25, -0.2) is 0 Å². The second-order valence-corrected chi connectivity index (χ2v) is 5.27. The Kier molecular flexibility index (Phi) is 2.77. The van der Waals surface area contributed by atoms with Crippen molar-refractivity contribution in [3.8, 4) is 11.5 Å². The Bertz CT molecular complexity index is 691. The molecule has 1 saturated heterocycles. The zero-order chi connectivity index (χ0) is 13.4. The van der Waals surface area contributed by atoms with Crippen molar-refractivity contribution in [1.29, 1.82) is 0 Å². The topological polar surface area (TPSA) is 66.7 Å². The van der Waals surface area contributed by atoms with Crippen molar-refractivity contribution in [1.82, 2.24) is 20.4 Å². The van der Waals surface area contributed by atoms with Crippen LogP contribution in [0.15, 0.2) is 34.9 Å². The third-order valence-electron chi connectivity index (χ3n) is 3.86. The number of hydrogen-bond acceptors (Lipinski definition) is 4. The predicted octanol–water partition coefficient (Wildman–Crippen LogP) is 2.68. The largest absolute Gasteiger partial charge is 0.352 e. The van der Waals surface area contributed by atoms with E-state index in [0.717, 1.165) is 48.4 Å². The number of aromatic amines is 1. The molecule has 1 fully saturated rings. The van der Waals surface area contributed by atoms with Crippen LogP contribution in [0, 0.1) is 0 Å². The van der Waals surface area contributed by atoms with Crippen molar-refractivity contribution >= 4 is 10.9 Å². The Morgan fingerprint density at radius 3 is 3.05 bits per heavy atom. The van der Waals surface area contributed by atoms with Crippen molar-refractivity contribution in [2.75, 3.05) is 13.1 Å². The molecule has 0 radical (unpaired) electrons. The van der Waals surface area contributed by atoms with Gasteiger partial charge in [-0.1, -0.05) is 23.4 Å². The first-order valence-corrected chi connectivity index (χ1v) is 7.02. The summed E-state index contributed by atoms with van der Waals surface area (Å²) in [5.41, 5.74) is 2.00. The Labute approximate surface area is 116 Å². The molecule has 20 heavy (non-hydrogen) atoms. The summed E-state index contributed by atoms with van der Waals surface area (Å²) in [6.07, 6.45) is 2.27.